The number of benzene rings is 2. The summed E-state index contributed by atoms with van der Waals surface area (Å²) in [5.74, 6) is -3.85. The minimum atomic E-state index is -1.96. The molecule has 2 rings (SSSR count). The number of rotatable bonds is 25. The minimum absolute atomic E-state index is 0.0590. The van der Waals surface area contributed by atoms with E-state index in [-0.39, 0.29) is 28.2 Å². The molecule has 0 aromatic heterocycles. The third kappa shape index (κ3) is 14.0. The number of carboxylic acid groups (broad SMARTS) is 1. The Hall–Kier alpha value is -3.88. The average Bonchev–Trinajstić information content (AvgIpc) is 3.07. The van der Waals surface area contributed by atoms with Crippen LogP contribution in [0.4, 0.5) is 0 Å². The van der Waals surface area contributed by atoms with Crippen molar-refractivity contribution in [2.75, 3.05) is 20.8 Å². The van der Waals surface area contributed by atoms with E-state index in [9.17, 15) is 24.3 Å². The maximum absolute atomic E-state index is 13.4. The van der Waals surface area contributed by atoms with Gasteiger partial charge in [-0.3, -0.25) is 4.79 Å². The number of para-hydroxylation sites is 1. The standard InChI is InChI=1S/C37H52O9/c1-4-5-6-7-8-9-10-11-12-13-14-15-16-17-18-21-24-45-32-23-20-19-22-31(32)33(38)34(35(39)40)46-30-26-28(36(41)43-2)25-29(27-30)37(42)44-3/h19-20,22-23,25-27,34H,4-18,21,24H2,1-3H3,(H,39,40). The fraction of sp³-hybridized carbons (Fsp3) is 0.568. The minimum Gasteiger partial charge on any atom is -0.493 e. The zero-order valence-electron chi connectivity index (χ0n) is 27.9. The third-order valence-electron chi connectivity index (χ3n) is 7.87. The predicted octanol–water partition coefficient (Wildman–Crippen LogP) is 8.62. The van der Waals surface area contributed by atoms with Crippen molar-refractivity contribution in [3.63, 3.8) is 0 Å². The Balaban J connectivity index is 1.80. The number of hydrogen-bond donors (Lipinski definition) is 1. The number of methoxy groups -OCH3 is 2. The summed E-state index contributed by atoms with van der Waals surface area (Å²) < 4.78 is 20.8. The van der Waals surface area contributed by atoms with E-state index >= 15 is 0 Å². The molecule has 0 spiro atoms. The largest absolute Gasteiger partial charge is 0.493 e. The quantitative estimate of drug-likeness (QED) is 0.0491. The number of aliphatic carboxylic acids is 1. The second-order valence-electron chi connectivity index (χ2n) is 11.6. The molecule has 1 N–H and O–H groups in total. The van der Waals surface area contributed by atoms with E-state index in [0.717, 1.165) is 33.5 Å². The zero-order valence-corrected chi connectivity index (χ0v) is 27.9. The summed E-state index contributed by atoms with van der Waals surface area (Å²) in [6, 6.07) is 10.0. The molecule has 254 valence electrons. The van der Waals surface area contributed by atoms with Gasteiger partial charge >= 0.3 is 17.9 Å². The molecule has 46 heavy (non-hydrogen) atoms. The van der Waals surface area contributed by atoms with Crippen LogP contribution < -0.4 is 9.47 Å². The molecule has 2 aromatic carbocycles. The first-order valence-corrected chi connectivity index (χ1v) is 16.8. The van der Waals surface area contributed by atoms with Crippen molar-refractivity contribution in [2.45, 2.75) is 116 Å². The van der Waals surface area contributed by atoms with Crippen LogP contribution in [0.15, 0.2) is 42.5 Å². The molecular formula is C37H52O9. The second-order valence-corrected chi connectivity index (χ2v) is 11.6. The lowest BCUT2D eigenvalue weighted by Gasteiger charge is -2.17. The number of ketones is 1. The topological polar surface area (TPSA) is 125 Å². The molecule has 0 aliphatic rings. The highest BCUT2D eigenvalue weighted by molar-refractivity contribution is 6.12. The Morgan fingerprint density at radius 3 is 1.57 bits per heavy atom. The van der Waals surface area contributed by atoms with Gasteiger partial charge < -0.3 is 24.1 Å². The van der Waals surface area contributed by atoms with Gasteiger partial charge in [-0.2, -0.15) is 0 Å². The summed E-state index contributed by atoms with van der Waals surface area (Å²) in [6.45, 7) is 2.65. The van der Waals surface area contributed by atoms with Crippen LogP contribution in [0.25, 0.3) is 0 Å². The van der Waals surface area contributed by atoms with Crippen molar-refractivity contribution in [1.82, 2.24) is 0 Å². The molecule has 9 heteroatoms. The van der Waals surface area contributed by atoms with Gasteiger partial charge in [0.1, 0.15) is 11.5 Å². The van der Waals surface area contributed by atoms with Gasteiger partial charge in [-0.25, -0.2) is 14.4 Å². The molecule has 0 heterocycles. The maximum Gasteiger partial charge on any atom is 0.353 e. The van der Waals surface area contributed by atoms with Gasteiger partial charge in [-0.1, -0.05) is 115 Å². The van der Waals surface area contributed by atoms with Crippen molar-refractivity contribution in [1.29, 1.82) is 0 Å². The van der Waals surface area contributed by atoms with Gasteiger partial charge in [-0.15, -0.1) is 0 Å². The monoisotopic (exact) mass is 640 g/mol. The average molecular weight is 641 g/mol. The first-order chi connectivity index (χ1) is 22.3. The van der Waals surface area contributed by atoms with E-state index < -0.39 is 29.8 Å². The molecular weight excluding hydrogens is 588 g/mol. The number of carbonyl (C=O) groups excluding carboxylic acids is 3. The lowest BCUT2D eigenvalue weighted by molar-refractivity contribution is -0.142. The molecule has 0 aliphatic heterocycles. The zero-order chi connectivity index (χ0) is 33.6. The Morgan fingerprint density at radius 2 is 1.11 bits per heavy atom. The highest BCUT2D eigenvalue weighted by atomic mass is 16.5. The van der Waals surface area contributed by atoms with Crippen LogP contribution in [0.5, 0.6) is 11.5 Å². The lowest BCUT2D eigenvalue weighted by Crippen LogP contribution is -2.36. The number of ether oxygens (including phenoxy) is 4. The van der Waals surface area contributed by atoms with Crippen LogP contribution >= 0.6 is 0 Å². The normalized spacial score (nSPS) is 11.5. The number of carbonyl (C=O) groups is 4. The fourth-order valence-electron chi connectivity index (χ4n) is 5.26. The molecule has 1 unspecified atom stereocenters. The summed E-state index contributed by atoms with van der Waals surface area (Å²) in [6.07, 6.45) is 18.3. The van der Waals surface area contributed by atoms with E-state index in [0.29, 0.717) is 6.61 Å². The Bertz CT molecular complexity index is 1190. The van der Waals surface area contributed by atoms with Crippen LogP contribution in [-0.2, 0) is 14.3 Å². The molecule has 0 saturated heterocycles. The van der Waals surface area contributed by atoms with E-state index in [1.807, 2.05) is 0 Å². The molecule has 0 radical (unpaired) electrons. The summed E-state index contributed by atoms with van der Waals surface area (Å²) >= 11 is 0. The fourth-order valence-corrected chi connectivity index (χ4v) is 5.26. The Morgan fingerprint density at radius 1 is 0.652 bits per heavy atom. The highest BCUT2D eigenvalue weighted by Crippen LogP contribution is 2.25. The number of hydrogen-bond acceptors (Lipinski definition) is 8. The number of Topliss-reactive ketones (excluding diaryl/α,β-unsaturated/α-hetero) is 1. The van der Waals surface area contributed by atoms with E-state index in [1.54, 1.807) is 18.2 Å². The smallest absolute Gasteiger partial charge is 0.353 e. The number of carboxylic acids is 1. The van der Waals surface area contributed by atoms with Gasteiger partial charge in [0.25, 0.3) is 6.10 Å². The molecule has 9 nitrogen and oxygen atoms in total. The Kier molecular flexibility index (Phi) is 18.8. The first kappa shape index (κ1) is 38.3. The van der Waals surface area contributed by atoms with Gasteiger partial charge in [0.05, 0.1) is 37.5 Å². The SMILES string of the molecule is CCCCCCCCCCCCCCCCCCOc1ccccc1C(=O)C(Oc1cc(C(=O)OC)cc(C(=O)OC)c1)C(=O)O. The van der Waals surface area contributed by atoms with Crippen molar-refractivity contribution < 1.29 is 43.2 Å². The van der Waals surface area contributed by atoms with Crippen LogP contribution in [0, 0.1) is 0 Å². The lowest BCUT2D eigenvalue weighted by atomic mass is 10.0. The Labute approximate surface area is 274 Å². The van der Waals surface area contributed by atoms with Crippen molar-refractivity contribution in [2.24, 2.45) is 0 Å². The number of esters is 2. The predicted molar refractivity (Wildman–Crippen MR) is 177 cm³/mol. The van der Waals surface area contributed by atoms with Crippen LogP contribution in [0.3, 0.4) is 0 Å². The third-order valence-corrected chi connectivity index (χ3v) is 7.87. The summed E-state index contributed by atoms with van der Waals surface area (Å²) in [7, 11) is 2.32. The molecule has 2 aromatic rings. The molecule has 0 saturated carbocycles. The maximum atomic E-state index is 13.4. The van der Waals surface area contributed by atoms with Gasteiger partial charge in [-0.05, 0) is 36.8 Å². The van der Waals surface area contributed by atoms with Gasteiger partial charge in [0.15, 0.2) is 0 Å². The van der Waals surface area contributed by atoms with Crippen LogP contribution in [-0.4, -0.2) is 55.7 Å². The van der Waals surface area contributed by atoms with E-state index in [1.165, 1.54) is 108 Å². The molecule has 0 aliphatic carbocycles. The van der Waals surface area contributed by atoms with Crippen LogP contribution in [0.2, 0.25) is 0 Å². The van der Waals surface area contributed by atoms with Crippen molar-refractivity contribution in [3.05, 3.63) is 59.2 Å². The summed E-state index contributed by atoms with van der Waals surface area (Å²) in [4.78, 5) is 49.7. The highest BCUT2D eigenvalue weighted by Gasteiger charge is 2.32. The first-order valence-electron chi connectivity index (χ1n) is 16.8. The molecule has 0 bridgehead atoms. The van der Waals surface area contributed by atoms with Gasteiger partial charge in [0, 0.05) is 0 Å². The molecule has 0 amide bonds. The van der Waals surface area contributed by atoms with E-state index in [4.69, 9.17) is 18.9 Å². The van der Waals surface area contributed by atoms with Crippen LogP contribution in [0.1, 0.15) is 141 Å². The van der Waals surface area contributed by atoms with Crippen molar-refractivity contribution in [3.8, 4) is 11.5 Å². The van der Waals surface area contributed by atoms with E-state index in [2.05, 4.69) is 6.92 Å². The molecule has 1 atom stereocenters. The van der Waals surface area contributed by atoms with Crippen molar-refractivity contribution >= 4 is 23.7 Å². The summed E-state index contributed by atoms with van der Waals surface area (Å²) in [5, 5.41) is 9.87. The number of unbranched alkanes of at least 4 members (excludes halogenated alkanes) is 15. The molecule has 0 fully saturated rings. The summed E-state index contributed by atoms with van der Waals surface area (Å²) in [5.41, 5.74) is -0.0808. The second kappa shape index (κ2) is 22.6. The van der Waals surface area contributed by atoms with Gasteiger partial charge in [0.2, 0.25) is 5.78 Å².